The quantitative estimate of drug-likeness (QED) is 0.829. The van der Waals surface area contributed by atoms with Crippen LogP contribution in [0.1, 0.15) is 5.56 Å². The average molecular weight is 228 g/mol. The number of carbonyl (C=O) groups is 1. The first-order chi connectivity index (χ1) is 8.25. The maximum Gasteiger partial charge on any atom is 0.326 e. The van der Waals surface area contributed by atoms with Crippen molar-refractivity contribution < 1.29 is 4.79 Å². The van der Waals surface area contributed by atoms with Crippen LogP contribution in [-0.4, -0.2) is 16.0 Å². The molecule has 2 amide bonds. The van der Waals surface area contributed by atoms with Gasteiger partial charge in [-0.15, -0.1) is 0 Å². The summed E-state index contributed by atoms with van der Waals surface area (Å²) in [6.45, 7) is 1.88. The molecule has 2 aromatic heterocycles. The minimum absolute atomic E-state index is 0.356. The van der Waals surface area contributed by atoms with E-state index in [1.54, 1.807) is 30.6 Å². The highest BCUT2D eigenvalue weighted by Crippen LogP contribution is 2.09. The molecule has 2 aromatic rings. The van der Waals surface area contributed by atoms with Crippen molar-refractivity contribution in [3.8, 4) is 0 Å². The lowest BCUT2D eigenvalue weighted by molar-refractivity contribution is 0.262. The number of carbonyl (C=O) groups excluding carboxylic acids is 1. The lowest BCUT2D eigenvalue weighted by atomic mass is 10.3. The van der Waals surface area contributed by atoms with Crippen LogP contribution in [0.25, 0.3) is 0 Å². The second-order valence-electron chi connectivity index (χ2n) is 3.46. The van der Waals surface area contributed by atoms with Gasteiger partial charge in [0.15, 0.2) is 0 Å². The molecular weight excluding hydrogens is 216 g/mol. The number of urea groups is 1. The van der Waals surface area contributed by atoms with E-state index in [1.165, 1.54) is 0 Å². The summed E-state index contributed by atoms with van der Waals surface area (Å²) in [5.74, 6) is 1.04. The van der Waals surface area contributed by atoms with Crippen molar-refractivity contribution in [2.75, 3.05) is 10.6 Å². The van der Waals surface area contributed by atoms with Gasteiger partial charge in [0.05, 0.1) is 0 Å². The van der Waals surface area contributed by atoms with E-state index in [2.05, 4.69) is 20.6 Å². The van der Waals surface area contributed by atoms with Gasteiger partial charge < -0.3 is 0 Å². The van der Waals surface area contributed by atoms with E-state index in [9.17, 15) is 4.79 Å². The van der Waals surface area contributed by atoms with Gasteiger partial charge in [0.25, 0.3) is 0 Å². The normalized spacial score (nSPS) is 9.71. The molecule has 0 atom stereocenters. The number of nitrogens with zero attached hydrogens (tertiary/aromatic N) is 2. The van der Waals surface area contributed by atoms with E-state index in [1.807, 2.05) is 19.1 Å². The molecule has 0 saturated carbocycles. The Hall–Kier alpha value is -2.43. The van der Waals surface area contributed by atoms with Crippen molar-refractivity contribution in [1.82, 2.24) is 9.97 Å². The summed E-state index contributed by atoms with van der Waals surface area (Å²) in [7, 11) is 0. The molecule has 2 heterocycles. The number of pyridine rings is 2. The zero-order chi connectivity index (χ0) is 12.1. The molecule has 0 aromatic carbocycles. The highest BCUT2D eigenvalue weighted by molar-refractivity contribution is 5.98. The van der Waals surface area contributed by atoms with Gasteiger partial charge in [-0.1, -0.05) is 12.1 Å². The molecule has 0 radical (unpaired) electrons. The Morgan fingerprint density at radius 1 is 1.06 bits per heavy atom. The number of rotatable bonds is 2. The van der Waals surface area contributed by atoms with E-state index in [0.717, 1.165) is 5.56 Å². The molecule has 0 spiro atoms. The Labute approximate surface area is 98.9 Å². The Morgan fingerprint density at radius 3 is 2.59 bits per heavy atom. The maximum absolute atomic E-state index is 11.6. The maximum atomic E-state index is 11.6. The lowest BCUT2D eigenvalue weighted by Gasteiger charge is -2.07. The van der Waals surface area contributed by atoms with Crippen molar-refractivity contribution in [3.05, 3.63) is 48.3 Å². The Bertz CT molecular complexity index is 513. The fraction of sp³-hybridized carbons (Fsp3) is 0.0833. The van der Waals surface area contributed by atoms with Crippen LogP contribution in [0.2, 0.25) is 0 Å². The van der Waals surface area contributed by atoms with Gasteiger partial charge in [-0.2, -0.15) is 0 Å². The minimum Gasteiger partial charge on any atom is -0.292 e. The van der Waals surface area contributed by atoms with Crippen LogP contribution < -0.4 is 10.6 Å². The van der Waals surface area contributed by atoms with Crippen LogP contribution in [0.3, 0.4) is 0 Å². The van der Waals surface area contributed by atoms with Crippen LogP contribution in [0.5, 0.6) is 0 Å². The monoisotopic (exact) mass is 228 g/mol. The van der Waals surface area contributed by atoms with Crippen LogP contribution in [-0.2, 0) is 0 Å². The average Bonchev–Trinajstić information content (AvgIpc) is 2.33. The highest BCUT2D eigenvalue weighted by atomic mass is 16.2. The molecule has 5 nitrogen and oxygen atoms in total. The van der Waals surface area contributed by atoms with Gasteiger partial charge in [0.1, 0.15) is 11.6 Å². The number of aryl methyl sites for hydroxylation is 1. The van der Waals surface area contributed by atoms with Gasteiger partial charge in [-0.05, 0) is 30.7 Å². The van der Waals surface area contributed by atoms with Crippen molar-refractivity contribution in [3.63, 3.8) is 0 Å². The molecule has 2 rings (SSSR count). The summed E-state index contributed by atoms with van der Waals surface area (Å²) < 4.78 is 0. The van der Waals surface area contributed by atoms with Gasteiger partial charge in [0.2, 0.25) is 0 Å². The molecule has 0 unspecified atom stereocenters. The third kappa shape index (κ3) is 3.01. The van der Waals surface area contributed by atoms with E-state index in [-0.39, 0.29) is 6.03 Å². The Balaban J connectivity index is 2.01. The fourth-order valence-corrected chi connectivity index (χ4v) is 1.31. The highest BCUT2D eigenvalue weighted by Gasteiger charge is 2.05. The largest absolute Gasteiger partial charge is 0.326 e. The molecule has 17 heavy (non-hydrogen) atoms. The molecule has 2 N–H and O–H groups in total. The zero-order valence-corrected chi connectivity index (χ0v) is 9.34. The number of anilines is 2. The van der Waals surface area contributed by atoms with Gasteiger partial charge in [0, 0.05) is 12.4 Å². The Morgan fingerprint density at radius 2 is 1.88 bits per heavy atom. The summed E-state index contributed by atoms with van der Waals surface area (Å²) in [4.78, 5) is 19.7. The number of hydrogen-bond donors (Lipinski definition) is 2. The van der Waals surface area contributed by atoms with E-state index < -0.39 is 0 Å². The summed E-state index contributed by atoms with van der Waals surface area (Å²) in [6, 6.07) is 8.64. The third-order valence-electron chi connectivity index (χ3n) is 2.15. The van der Waals surface area contributed by atoms with E-state index in [4.69, 9.17) is 0 Å². The zero-order valence-electron chi connectivity index (χ0n) is 9.34. The lowest BCUT2D eigenvalue weighted by Crippen LogP contribution is -2.21. The fourth-order valence-electron chi connectivity index (χ4n) is 1.31. The second-order valence-corrected chi connectivity index (χ2v) is 3.46. The third-order valence-corrected chi connectivity index (χ3v) is 2.15. The number of nitrogens with one attached hydrogen (secondary N) is 2. The molecule has 0 bridgehead atoms. The first-order valence-electron chi connectivity index (χ1n) is 5.16. The van der Waals surface area contributed by atoms with Crippen LogP contribution in [0.15, 0.2) is 42.7 Å². The van der Waals surface area contributed by atoms with Crippen molar-refractivity contribution >= 4 is 17.7 Å². The molecule has 0 aliphatic carbocycles. The Kier molecular flexibility index (Phi) is 3.30. The molecule has 0 aliphatic heterocycles. The predicted molar refractivity (Wildman–Crippen MR) is 65.9 cm³/mol. The van der Waals surface area contributed by atoms with E-state index >= 15 is 0 Å². The number of aromatic nitrogens is 2. The summed E-state index contributed by atoms with van der Waals surface area (Å²) in [6.07, 6.45) is 3.24. The smallest absolute Gasteiger partial charge is 0.292 e. The van der Waals surface area contributed by atoms with Crippen LogP contribution in [0.4, 0.5) is 16.4 Å². The van der Waals surface area contributed by atoms with Gasteiger partial charge in [-0.3, -0.25) is 10.6 Å². The molecule has 5 heteroatoms. The summed E-state index contributed by atoms with van der Waals surface area (Å²) in [5, 5.41) is 5.27. The minimum atomic E-state index is -0.356. The van der Waals surface area contributed by atoms with Gasteiger partial charge in [-0.25, -0.2) is 14.8 Å². The number of hydrogen-bond acceptors (Lipinski definition) is 3. The first-order valence-corrected chi connectivity index (χ1v) is 5.16. The number of amides is 2. The topological polar surface area (TPSA) is 66.9 Å². The van der Waals surface area contributed by atoms with Crippen molar-refractivity contribution in [2.24, 2.45) is 0 Å². The van der Waals surface area contributed by atoms with Gasteiger partial charge >= 0.3 is 6.03 Å². The first kappa shape index (κ1) is 11.1. The molecular formula is C12H12N4O. The van der Waals surface area contributed by atoms with Crippen molar-refractivity contribution in [1.29, 1.82) is 0 Å². The molecule has 86 valence electrons. The summed E-state index contributed by atoms with van der Waals surface area (Å²) >= 11 is 0. The van der Waals surface area contributed by atoms with E-state index in [0.29, 0.717) is 11.6 Å². The van der Waals surface area contributed by atoms with Crippen LogP contribution >= 0.6 is 0 Å². The van der Waals surface area contributed by atoms with Crippen LogP contribution in [0, 0.1) is 6.92 Å². The standard InChI is InChI=1S/C12H12N4O/c1-9-5-4-8-14-11(9)16-12(17)15-10-6-2-3-7-13-10/h2-8H,1H3,(H2,13,14,15,16,17). The summed E-state index contributed by atoms with van der Waals surface area (Å²) in [5.41, 5.74) is 0.906. The predicted octanol–water partition coefficient (Wildman–Crippen LogP) is 2.43. The SMILES string of the molecule is Cc1cccnc1NC(=O)Nc1ccccn1. The second kappa shape index (κ2) is 5.07. The molecule has 0 fully saturated rings. The molecule has 0 aliphatic rings. The van der Waals surface area contributed by atoms with Crippen molar-refractivity contribution in [2.45, 2.75) is 6.92 Å². The molecule has 0 saturated heterocycles.